The van der Waals surface area contributed by atoms with Gasteiger partial charge in [0, 0.05) is 26.2 Å². The summed E-state index contributed by atoms with van der Waals surface area (Å²) in [5.74, 6) is -0.688. The molecule has 1 fully saturated rings. The van der Waals surface area contributed by atoms with E-state index in [0.717, 1.165) is 29.7 Å². The first-order valence-electron chi connectivity index (χ1n) is 15.3. The van der Waals surface area contributed by atoms with Crippen molar-refractivity contribution in [2.45, 2.75) is 85.0 Å². The molecule has 1 N–H and O–H groups in total. The number of carbonyl (C=O) groups is 2. The number of hydrogen-bond donors (Lipinski definition) is 1. The van der Waals surface area contributed by atoms with Gasteiger partial charge in [0.25, 0.3) is 5.91 Å². The van der Waals surface area contributed by atoms with Crippen LogP contribution in [-0.4, -0.2) is 72.1 Å². The highest BCUT2D eigenvalue weighted by molar-refractivity contribution is 6.48. The van der Waals surface area contributed by atoms with E-state index in [2.05, 4.69) is 53.5 Å². The molecule has 43 heavy (non-hydrogen) atoms. The van der Waals surface area contributed by atoms with Crippen LogP contribution in [0.4, 0.5) is 0 Å². The summed E-state index contributed by atoms with van der Waals surface area (Å²) in [7, 11) is -0.569. The molecule has 2 aromatic rings. The van der Waals surface area contributed by atoms with Crippen LogP contribution < -0.4 is 5.32 Å². The van der Waals surface area contributed by atoms with Gasteiger partial charge in [-0.15, -0.1) is 0 Å². The lowest BCUT2D eigenvalue weighted by Gasteiger charge is -2.32. The highest BCUT2D eigenvalue weighted by Gasteiger charge is 2.54. The van der Waals surface area contributed by atoms with Crippen molar-refractivity contribution in [2.75, 3.05) is 26.2 Å². The normalized spacial score (nSPS) is 18.5. The summed E-state index contributed by atoms with van der Waals surface area (Å²) < 4.78 is 12.7. The van der Waals surface area contributed by atoms with Crippen LogP contribution in [0.5, 0.6) is 0 Å². The quantitative estimate of drug-likeness (QED) is 0.251. The molecule has 2 aliphatic rings. The largest absolute Gasteiger partial charge is 0.482 e. The molecule has 228 valence electrons. The van der Waals surface area contributed by atoms with E-state index in [-0.39, 0.29) is 29.9 Å². The third-order valence-corrected chi connectivity index (χ3v) is 8.92. The van der Waals surface area contributed by atoms with Crippen molar-refractivity contribution in [2.24, 2.45) is 0 Å². The fourth-order valence-electron chi connectivity index (χ4n) is 5.55. The minimum atomic E-state index is -0.569. The maximum absolute atomic E-state index is 13.5. The second-order valence-corrected chi connectivity index (χ2v) is 12.6. The lowest BCUT2D eigenvalue weighted by molar-refractivity contribution is -0.126. The van der Waals surface area contributed by atoms with Crippen LogP contribution in [0.25, 0.3) is 6.08 Å². The van der Waals surface area contributed by atoms with Gasteiger partial charge in [-0.3, -0.25) is 14.5 Å². The van der Waals surface area contributed by atoms with Gasteiger partial charge in [-0.2, -0.15) is 5.26 Å². The molecule has 2 aliphatic heterocycles. The van der Waals surface area contributed by atoms with Crippen molar-refractivity contribution in [3.8, 4) is 6.07 Å². The van der Waals surface area contributed by atoms with Gasteiger partial charge < -0.3 is 19.5 Å². The third kappa shape index (κ3) is 7.75. The summed E-state index contributed by atoms with van der Waals surface area (Å²) in [6.07, 6.45) is 3.07. The Hall–Kier alpha value is -3.45. The first-order valence-corrected chi connectivity index (χ1v) is 15.3. The molecule has 0 radical (unpaired) electrons. The number of likely N-dealkylation sites (N-methyl/N-ethyl adjacent to an activating group) is 1. The van der Waals surface area contributed by atoms with Gasteiger partial charge in [0.1, 0.15) is 11.6 Å². The summed E-state index contributed by atoms with van der Waals surface area (Å²) in [4.78, 5) is 30.0. The topological polar surface area (TPSA) is 94.9 Å². The van der Waals surface area contributed by atoms with Crippen LogP contribution in [-0.2, 0) is 38.3 Å². The van der Waals surface area contributed by atoms with Crippen molar-refractivity contribution in [3.05, 3.63) is 75.9 Å². The molecule has 4 rings (SSSR count). The third-order valence-electron chi connectivity index (χ3n) is 8.92. The van der Waals surface area contributed by atoms with E-state index in [4.69, 9.17) is 9.31 Å². The Labute approximate surface area is 257 Å². The van der Waals surface area contributed by atoms with E-state index in [1.165, 1.54) is 11.1 Å². The summed E-state index contributed by atoms with van der Waals surface area (Å²) in [5, 5.41) is 12.9. The SMILES string of the molecule is CCN(CC)C(=O)/C(C#N)=C/c1ccc2c(c1)CN(CC(=O)N[C@@H](Cc1ccc(C)cc1)B1OC(C)(C)C(C)(C)O1)CC2. The molecule has 0 spiro atoms. The van der Waals surface area contributed by atoms with E-state index in [1.54, 1.807) is 11.0 Å². The monoisotopic (exact) mass is 584 g/mol. The van der Waals surface area contributed by atoms with E-state index < -0.39 is 18.3 Å². The maximum Gasteiger partial charge on any atom is 0.482 e. The lowest BCUT2D eigenvalue weighted by Crippen LogP contribution is -2.52. The number of carbonyl (C=O) groups excluding carboxylic acids is 2. The number of rotatable bonds is 10. The molecule has 2 heterocycles. The Kier molecular flexibility index (Phi) is 10.2. The second-order valence-electron chi connectivity index (χ2n) is 12.6. The van der Waals surface area contributed by atoms with Crippen molar-refractivity contribution in [3.63, 3.8) is 0 Å². The van der Waals surface area contributed by atoms with Crippen molar-refractivity contribution >= 4 is 25.0 Å². The zero-order chi connectivity index (χ0) is 31.4. The Morgan fingerprint density at radius 2 is 1.72 bits per heavy atom. The number of fused-ring (bicyclic) bond motifs is 1. The minimum absolute atomic E-state index is 0.0806. The average molecular weight is 585 g/mol. The van der Waals surface area contributed by atoms with Gasteiger partial charge in [-0.25, -0.2) is 0 Å². The molecular weight excluding hydrogens is 539 g/mol. The molecule has 0 bridgehead atoms. The predicted octanol–water partition coefficient (Wildman–Crippen LogP) is 4.49. The molecule has 2 amide bonds. The summed E-state index contributed by atoms with van der Waals surface area (Å²) in [6.45, 7) is 16.7. The standard InChI is InChI=1S/C34H45BN4O4/c1-8-39(9-2)32(41)28(21-36)18-26-14-15-27-16-17-38(22-29(27)19-26)23-31(40)37-30(20-25-12-10-24(3)11-13-25)35-42-33(4,5)34(6,7)43-35/h10-15,18-19,30H,8-9,16-17,20,22-23H2,1-7H3,(H,37,40)/b28-18+/t30-/m0/s1. The van der Waals surface area contributed by atoms with Crippen molar-refractivity contribution in [1.82, 2.24) is 15.1 Å². The molecule has 1 saturated heterocycles. The van der Waals surface area contributed by atoms with Crippen LogP contribution in [0.2, 0.25) is 0 Å². The van der Waals surface area contributed by atoms with Crippen LogP contribution >= 0.6 is 0 Å². The lowest BCUT2D eigenvalue weighted by atomic mass is 9.74. The average Bonchev–Trinajstić information content (AvgIpc) is 3.19. The second kappa shape index (κ2) is 13.5. The maximum atomic E-state index is 13.5. The van der Waals surface area contributed by atoms with Gasteiger partial charge in [0.05, 0.1) is 23.7 Å². The first kappa shape index (κ1) is 32.5. The molecule has 0 saturated carbocycles. The number of nitrogens with zero attached hydrogens (tertiary/aromatic N) is 3. The zero-order valence-corrected chi connectivity index (χ0v) is 26.7. The van der Waals surface area contributed by atoms with Crippen molar-refractivity contribution in [1.29, 1.82) is 5.26 Å². The van der Waals surface area contributed by atoms with E-state index >= 15 is 0 Å². The molecule has 1 atom stereocenters. The number of amides is 2. The van der Waals surface area contributed by atoms with Gasteiger partial charge >= 0.3 is 7.12 Å². The fraction of sp³-hybridized carbons (Fsp3) is 0.500. The number of nitriles is 1. The molecule has 0 aliphatic carbocycles. The number of nitrogens with one attached hydrogen (secondary N) is 1. The highest BCUT2D eigenvalue weighted by atomic mass is 16.7. The van der Waals surface area contributed by atoms with Gasteiger partial charge in [0.15, 0.2) is 0 Å². The zero-order valence-electron chi connectivity index (χ0n) is 26.7. The summed E-state index contributed by atoms with van der Waals surface area (Å²) in [5.41, 5.74) is 4.53. The molecule has 8 nitrogen and oxygen atoms in total. The molecule has 0 unspecified atom stereocenters. The Balaban J connectivity index is 1.46. The predicted molar refractivity (Wildman–Crippen MR) is 170 cm³/mol. The smallest absolute Gasteiger partial charge is 0.402 e. The van der Waals surface area contributed by atoms with E-state index in [9.17, 15) is 14.9 Å². The van der Waals surface area contributed by atoms with E-state index in [1.807, 2.05) is 53.7 Å². The van der Waals surface area contributed by atoms with Crippen LogP contribution in [0.15, 0.2) is 48.0 Å². The summed E-state index contributed by atoms with van der Waals surface area (Å²) >= 11 is 0. The first-order chi connectivity index (χ1) is 20.4. The van der Waals surface area contributed by atoms with Gasteiger partial charge in [-0.05, 0) is 89.6 Å². The fourth-order valence-corrected chi connectivity index (χ4v) is 5.55. The Morgan fingerprint density at radius 3 is 2.33 bits per heavy atom. The number of hydrogen-bond acceptors (Lipinski definition) is 6. The minimum Gasteiger partial charge on any atom is -0.402 e. The Morgan fingerprint density at radius 1 is 1.07 bits per heavy atom. The highest BCUT2D eigenvalue weighted by Crippen LogP contribution is 2.38. The molecule has 2 aromatic carbocycles. The molecule has 9 heteroatoms. The molecular formula is C34H45BN4O4. The number of benzene rings is 2. The van der Waals surface area contributed by atoms with Gasteiger partial charge in [0.2, 0.25) is 5.91 Å². The van der Waals surface area contributed by atoms with Gasteiger partial charge in [-0.1, -0.05) is 48.0 Å². The Bertz CT molecular complexity index is 1380. The number of aryl methyl sites for hydroxylation is 1. The van der Waals surface area contributed by atoms with Crippen LogP contribution in [0, 0.1) is 18.3 Å². The molecule has 0 aromatic heterocycles. The summed E-state index contributed by atoms with van der Waals surface area (Å²) in [6, 6.07) is 16.4. The van der Waals surface area contributed by atoms with Crippen molar-refractivity contribution < 1.29 is 18.9 Å². The van der Waals surface area contributed by atoms with E-state index in [0.29, 0.717) is 26.1 Å². The van der Waals surface area contributed by atoms with Crippen LogP contribution in [0.1, 0.15) is 69.4 Å². The van der Waals surface area contributed by atoms with Crippen LogP contribution in [0.3, 0.4) is 0 Å².